The molecule has 1 aliphatic carbocycles. The van der Waals surface area contributed by atoms with Crippen molar-refractivity contribution in [2.45, 2.75) is 56.3 Å². The van der Waals surface area contributed by atoms with Gasteiger partial charge in [-0.05, 0) is 48.2 Å². The Labute approximate surface area is 260 Å². The summed E-state index contributed by atoms with van der Waals surface area (Å²) in [6, 6.07) is 13.2. The molecule has 1 aliphatic heterocycles. The molecule has 1 aromatic heterocycles. The van der Waals surface area contributed by atoms with E-state index in [2.05, 4.69) is 15.2 Å². The minimum atomic E-state index is -3.59. The summed E-state index contributed by atoms with van der Waals surface area (Å²) in [4.78, 5) is 39.9. The molecule has 0 spiro atoms. The van der Waals surface area contributed by atoms with E-state index >= 15 is 0 Å². The van der Waals surface area contributed by atoms with Gasteiger partial charge in [0.15, 0.2) is 0 Å². The summed E-state index contributed by atoms with van der Waals surface area (Å²) in [6.45, 7) is -0.0324. The molecule has 5 rings (SSSR count). The maximum atomic E-state index is 14.3. The van der Waals surface area contributed by atoms with Gasteiger partial charge in [0.25, 0.3) is 11.8 Å². The molecular weight excluding hydrogens is 615 g/mol. The lowest BCUT2D eigenvalue weighted by atomic mass is 9.76. The van der Waals surface area contributed by atoms with Crippen LogP contribution in [0, 0.1) is 0 Å². The van der Waals surface area contributed by atoms with Crippen molar-refractivity contribution in [2.75, 3.05) is 13.4 Å². The Morgan fingerprint density at radius 3 is 2.58 bits per heavy atom. The Balaban J connectivity index is 1.57. The first-order chi connectivity index (χ1) is 20.6. The van der Waals surface area contributed by atoms with Gasteiger partial charge in [0.05, 0.1) is 31.0 Å². The normalized spacial score (nSPS) is 22.1. The van der Waals surface area contributed by atoms with Crippen LogP contribution in [0.1, 0.15) is 64.8 Å². The van der Waals surface area contributed by atoms with Crippen molar-refractivity contribution in [1.29, 1.82) is 0 Å². The first kappa shape index (κ1) is 31.2. The summed E-state index contributed by atoms with van der Waals surface area (Å²) < 4.78 is 32.7. The van der Waals surface area contributed by atoms with E-state index in [0.717, 1.165) is 19.1 Å². The van der Waals surface area contributed by atoms with Gasteiger partial charge in [-0.15, -0.1) is 0 Å². The SMILES string of the molecule is COc1ccnc(CONC(=O)[C@@H]2c3ccccc3C(=O)N(C3CCCC[C@@H]3NS(C)(=O)=O)[C@H]2c2ccc(Cl)cc2Cl)c1. The largest absolute Gasteiger partial charge is 0.497 e. The molecule has 3 aromatic rings. The maximum absolute atomic E-state index is 14.3. The van der Waals surface area contributed by atoms with Gasteiger partial charge < -0.3 is 9.64 Å². The average Bonchev–Trinajstić information content (AvgIpc) is 2.97. The second-order valence-electron chi connectivity index (χ2n) is 10.7. The molecule has 2 aliphatic rings. The maximum Gasteiger partial charge on any atom is 0.255 e. The van der Waals surface area contributed by atoms with Crippen LogP contribution >= 0.6 is 23.2 Å². The first-order valence-electron chi connectivity index (χ1n) is 13.8. The Morgan fingerprint density at radius 2 is 1.84 bits per heavy atom. The van der Waals surface area contributed by atoms with Crippen LogP contribution in [0.25, 0.3) is 0 Å². The van der Waals surface area contributed by atoms with Crippen LogP contribution in [0.4, 0.5) is 0 Å². The van der Waals surface area contributed by atoms with Gasteiger partial charge in [0.1, 0.15) is 12.4 Å². The second kappa shape index (κ2) is 13.2. The molecule has 1 unspecified atom stereocenters. The van der Waals surface area contributed by atoms with E-state index in [4.69, 9.17) is 32.8 Å². The van der Waals surface area contributed by atoms with Gasteiger partial charge in [-0.1, -0.05) is 60.3 Å². The van der Waals surface area contributed by atoms with Gasteiger partial charge in [-0.2, -0.15) is 0 Å². The van der Waals surface area contributed by atoms with Crippen molar-refractivity contribution in [3.8, 4) is 5.75 Å². The topological polar surface area (TPSA) is 127 Å². The zero-order chi connectivity index (χ0) is 30.7. The zero-order valence-electron chi connectivity index (χ0n) is 23.6. The highest BCUT2D eigenvalue weighted by Crippen LogP contribution is 2.47. The van der Waals surface area contributed by atoms with Crippen molar-refractivity contribution < 1.29 is 27.6 Å². The van der Waals surface area contributed by atoms with Crippen molar-refractivity contribution in [3.05, 3.63) is 93.2 Å². The highest BCUT2D eigenvalue weighted by Gasteiger charge is 2.49. The first-order valence-corrected chi connectivity index (χ1v) is 16.5. The van der Waals surface area contributed by atoms with Crippen LogP contribution in [0.15, 0.2) is 60.8 Å². The Morgan fingerprint density at radius 1 is 1.07 bits per heavy atom. The minimum Gasteiger partial charge on any atom is -0.497 e. The number of methoxy groups -OCH3 is 1. The molecule has 2 N–H and O–H groups in total. The molecule has 13 heteroatoms. The summed E-state index contributed by atoms with van der Waals surface area (Å²) in [5.41, 5.74) is 4.46. The number of hydrogen-bond donors (Lipinski definition) is 2. The average molecular weight is 648 g/mol. The highest BCUT2D eigenvalue weighted by molar-refractivity contribution is 7.88. The molecule has 10 nitrogen and oxygen atoms in total. The molecule has 0 saturated heterocycles. The minimum absolute atomic E-state index is 0.0324. The van der Waals surface area contributed by atoms with Gasteiger partial charge in [0.2, 0.25) is 10.0 Å². The predicted octanol–water partition coefficient (Wildman–Crippen LogP) is 4.79. The number of hydrogen-bond acceptors (Lipinski definition) is 7. The van der Waals surface area contributed by atoms with E-state index in [0.29, 0.717) is 46.0 Å². The molecule has 2 aromatic carbocycles. The van der Waals surface area contributed by atoms with Crippen molar-refractivity contribution in [1.82, 2.24) is 20.1 Å². The number of nitrogens with one attached hydrogen (secondary N) is 2. The molecule has 43 heavy (non-hydrogen) atoms. The highest BCUT2D eigenvalue weighted by atomic mass is 35.5. The third-order valence-electron chi connectivity index (χ3n) is 7.81. The fraction of sp³-hybridized carbons (Fsp3) is 0.367. The number of aromatic nitrogens is 1. The van der Waals surface area contributed by atoms with E-state index in [-0.39, 0.29) is 17.5 Å². The summed E-state index contributed by atoms with van der Waals surface area (Å²) >= 11 is 13.0. The summed E-state index contributed by atoms with van der Waals surface area (Å²) in [5, 5.41) is 0.671. The number of fused-ring (bicyclic) bond motifs is 1. The van der Waals surface area contributed by atoms with Gasteiger partial charge >= 0.3 is 0 Å². The van der Waals surface area contributed by atoms with Crippen LogP contribution in [0.3, 0.4) is 0 Å². The third kappa shape index (κ3) is 6.97. The second-order valence-corrected chi connectivity index (χ2v) is 13.3. The number of ether oxygens (including phenoxy) is 1. The Hall–Kier alpha value is -3.22. The molecule has 1 fully saturated rings. The van der Waals surface area contributed by atoms with Crippen molar-refractivity contribution in [3.63, 3.8) is 0 Å². The number of carbonyl (C=O) groups excluding carboxylic acids is 2. The van der Waals surface area contributed by atoms with Crippen LogP contribution in [-0.4, -0.2) is 55.6 Å². The molecule has 0 radical (unpaired) electrons. The summed E-state index contributed by atoms with van der Waals surface area (Å²) in [6.07, 6.45) is 5.33. The van der Waals surface area contributed by atoms with E-state index in [9.17, 15) is 18.0 Å². The molecule has 2 amide bonds. The number of rotatable bonds is 9. The van der Waals surface area contributed by atoms with Crippen LogP contribution in [-0.2, 0) is 26.3 Å². The standard InChI is InChI=1S/C30H32Cl2N4O6S/c1-41-20-13-14-33-19(16-20)17-42-34-29(37)27-21-7-3-4-8-22(21)30(38)36(28(27)23-12-11-18(31)15-24(23)32)26-10-6-5-9-25(26)35-43(2,39)40/h3-4,7-8,11-16,25-28,35H,5-6,9-10,17H2,1-2H3,(H,34,37)/t25-,26?,27+,28-/m0/s1. The van der Waals surface area contributed by atoms with E-state index < -0.39 is 40.0 Å². The fourth-order valence-electron chi connectivity index (χ4n) is 6.03. The van der Waals surface area contributed by atoms with E-state index in [1.807, 2.05) is 0 Å². The summed E-state index contributed by atoms with van der Waals surface area (Å²) in [7, 11) is -2.05. The van der Waals surface area contributed by atoms with E-state index in [1.54, 1.807) is 72.8 Å². The number of sulfonamides is 1. The number of benzene rings is 2. The monoisotopic (exact) mass is 646 g/mol. The Kier molecular flexibility index (Phi) is 9.57. The van der Waals surface area contributed by atoms with Crippen molar-refractivity contribution >= 4 is 45.0 Å². The fourth-order valence-corrected chi connectivity index (χ4v) is 7.38. The predicted molar refractivity (Wildman–Crippen MR) is 162 cm³/mol. The Bertz CT molecular complexity index is 1620. The number of nitrogens with zero attached hydrogens (tertiary/aromatic N) is 2. The quantitative estimate of drug-likeness (QED) is 0.320. The number of carbonyl (C=O) groups is 2. The molecule has 1 saturated carbocycles. The molecule has 4 atom stereocenters. The van der Waals surface area contributed by atoms with Crippen LogP contribution in [0.5, 0.6) is 5.75 Å². The lowest BCUT2D eigenvalue weighted by Crippen LogP contribution is -2.59. The number of hydroxylamine groups is 1. The zero-order valence-corrected chi connectivity index (χ0v) is 26.0. The number of pyridine rings is 1. The van der Waals surface area contributed by atoms with Crippen molar-refractivity contribution in [2.24, 2.45) is 0 Å². The third-order valence-corrected chi connectivity index (χ3v) is 9.10. The lowest BCUT2D eigenvalue weighted by molar-refractivity contribution is -0.138. The van der Waals surface area contributed by atoms with Crippen LogP contribution < -0.4 is 14.9 Å². The van der Waals surface area contributed by atoms with E-state index in [1.165, 1.54) is 0 Å². The smallest absolute Gasteiger partial charge is 0.255 e. The van der Waals surface area contributed by atoms with Crippen LogP contribution in [0.2, 0.25) is 10.0 Å². The summed E-state index contributed by atoms with van der Waals surface area (Å²) in [5.74, 6) is -1.18. The number of halogens is 2. The molecular formula is C30H32Cl2N4O6S. The van der Waals surface area contributed by atoms with Gasteiger partial charge in [-0.3, -0.25) is 19.4 Å². The molecule has 228 valence electrons. The van der Waals surface area contributed by atoms with Gasteiger partial charge in [0, 0.05) is 40.0 Å². The lowest BCUT2D eigenvalue weighted by Gasteiger charge is -2.49. The van der Waals surface area contributed by atoms with Gasteiger partial charge in [-0.25, -0.2) is 18.6 Å². The molecule has 2 heterocycles. The number of amides is 2. The molecule has 0 bridgehead atoms.